The zero-order valence-corrected chi connectivity index (χ0v) is 12.3. The molecule has 5 nitrogen and oxygen atoms in total. The molecular weight excluding hydrogens is 276 g/mol. The van der Waals surface area contributed by atoms with E-state index in [4.69, 9.17) is 5.11 Å². The number of carbonyl (C=O) groups excluding carboxylic acids is 1. The number of carbonyl (C=O) groups is 2. The van der Waals surface area contributed by atoms with Crippen LogP contribution < -0.4 is 10.6 Å². The Morgan fingerprint density at radius 3 is 2.90 bits per heavy atom. The Balaban J connectivity index is 2.11. The van der Waals surface area contributed by atoms with Crippen molar-refractivity contribution in [3.05, 3.63) is 22.4 Å². The van der Waals surface area contributed by atoms with Crippen LogP contribution in [0.15, 0.2) is 17.5 Å². The maximum atomic E-state index is 12.5. The molecular formula is C14H20N2O3S. The van der Waals surface area contributed by atoms with Gasteiger partial charge in [0.1, 0.15) is 0 Å². The SMILES string of the molecule is CCC1(C(=O)NC(CC(=O)O)c2cccs2)CCNC1. The largest absolute Gasteiger partial charge is 0.481 e. The second-order valence-corrected chi connectivity index (χ2v) is 6.18. The van der Waals surface area contributed by atoms with Gasteiger partial charge in [0.2, 0.25) is 5.91 Å². The molecule has 0 aliphatic carbocycles. The molecule has 2 unspecified atom stereocenters. The van der Waals surface area contributed by atoms with Crippen LogP contribution in [0.25, 0.3) is 0 Å². The van der Waals surface area contributed by atoms with Crippen molar-refractivity contribution >= 4 is 23.2 Å². The number of carboxylic acid groups (broad SMARTS) is 1. The summed E-state index contributed by atoms with van der Waals surface area (Å²) in [5.41, 5.74) is -0.395. The first-order chi connectivity index (χ1) is 9.57. The molecule has 2 heterocycles. The molecule has 6 heteroatoms. The fraction of sp³-hybridized carbons (Fsp3) is 0.571. The van der Waals surface area contributed by atoms with E-state index in [1.165, 1.54) is 11.3 Å². The number of nitrogens with one attached hydrogen (secondary N) is 2. The van der Waals surface area contributed by atoms with Crippen molar-refractivity contribution in [2.24, 2.45) is 5.41 Å². The van der Waals surface area contributed by atoms with Gasteiger partial charge in [-0.2, -0.15) is 0 Å². The Hall–Kier alpha value is -1.40. The molecule has 0 radical (unpaired) electrons. The van der Waals surface area contributed by atoms with Crippen LogP contribution >= 0.6 is 11.3 Å². The van der Waals surface area contributed by atoms with E-state index < -0.39 is 17.4 Å². The lowest BCUT2D eigenvalue weighted by atomic mass is 9.83. The van der Waals surface area contributed by atoms with Crippen molar-refractivity contribution in [3.8, 4) is 0 Å². The maximum absolute atomic E-state index is 12.5. The van der Waals surface area contributed by atoms with Crippen LogP contribution in [-0.2, 0) is 9.59 Å². The van der Waals surface area contributed by atoms with E-state index in [0.717, 1.165) is 24.3 Å². The van der Waals surface area contributed by atoms with E-state index in [0.29, 0.717) is 6.54 Å². The quantitative estimate of drug-likeness (QED) is 0.747. The van der Waals surface area contributed by atoms with Crippen LogP contribution in [0.3, 0.4) is 0 Å². The van der Waals surface area contributed by atoms with Crippen molar-refractivity contribution in [3.63, 3.8) is 0 Å². The standard InChI is InChI=1S/C14H20N2O3S/c1-2-14(5-6-15-9-14)13(19)16-10(8-12(17)18)11-4-3-7-20-11/h3-4,7,10,15H,2,5-6,8-9H2,1H3,(H,16,19)(H,17,18). The van der Waals surface area contributed by atoms with Crippen LogP contribution in [0.2, 0.25) is 0 Å². The van der Waals surface area contributed by atoms with E-state index in [9.17, 15) is 9.59 Å². The Morgan fingerprint density at radius 2 is 2.40 bits per heavy atom. The molecule has 110 valence electrons. The van der Waals surface area contributed by atoms with Crippen LogP contribution in [0.1, 0.15) is 37.1 Å². The molecule has 0 bridgehead atoms. The van der Waals surface area contributed by atoms with Gasteiger partial charge in [-0.15, -0.1) is 11.3 Å². The number of rotatable bonds is 6. The molecule has 0 spiro atoms. The third-order valence-electron chi connectivity index (χ3n) is 3.97. The summed E-state index contributed by atoms with van der Waals surface area (Å²) in [5.74, 6) is -0.941. The molecule has 20 heavy (non-hydrogen) atoms. The highest BCUT2D eigenvalue weighted by atomic mass is 32.1. The lowest BCUT2D eigenvalue weighted by molar-refractivity contribution is -0.138. The average molecular weight is 296 g/mol. The molecule has 1 amide bonds. The van der Waals surface area contributed by atoms with Crippen LogP contribution in [-0.4, -0.2) is 30.1 Å². The molecule has 1 aliphatic heterocycles. The topological polar surface area (TPSA) is 78.4 Å². The van der Waals surface area contributed by atoms with Gasteiger partial charge in [-0.25, -0.2) is 0 Å². The van der Waals surface area contributed by atoms with E-state index in [-0.39, 0.29) is 12.3 Å². The van der Waals surface area contributed by atoms with Crippen molar-refractivity contribution in [2.75, 3.05) is 13.1 Å². The van der Waals surface area contributed by atoms with Crippen LogP contribution in [0.4, 0.5) is 0 Å². The summed E-state index contributed by atoms with van der Waals surface area (Å²) < 4.78 is 0. The summed E-state index contributed by atoms with van der Waals surface area (Å²) in [5, 5.41) is 17.1. The normalized spacial score (nSPS) is 23.4. The third-order valence-corrected chi connectivity index (χ3v) is 4.96. The minimum absolute atomic E-state index is 0.0374. The van der Waals surface area contributed by atoms with Crippen molar-refractivity contribution in [1.29, 1.82) is 0 Å². The predicted octanol–water partition coefficient (Wildman–Crippen LogP) is 1.77. The second kappa shape index (κ2) is 6.37. The predicted molar refractivity (Wildman–Crippen MR) is 77.7 cm³/mol. The van der Waals surface area contributed by atoms with Gasteiger partial charge in [-0.05, 0) is 30.8 Å². The summed E-state index contributed by atoms with van der Waals surface area (Å²) in [6.07, 6.45) is 1.48. The molecule has 1 fully saturated rings. The van der Waals surface area contributed by atoms with Crippen LogP contribution in [0, 0.1) is 5.41 Å². The zero-order chi connectivity index (χ0) is 14.6. The van der Waals surface area contributed by atoms with Crippen molar-refractivity contribution in [1.82, 2.24) is 10.6 Å². The van der Waals surface area contributed by atoms with Gasteiger partial charge in [-0.1, -0.05) is 13.0 Å². The lowest BCUT2D eigenvalue weighted by Crippen LogP contribution is -2.44. The summed E-state index contributed by atoms with van der Waals surface area (Å²) in [4.78, 5) is 24.4. The first-order valence-electron chi connectivity index (χ1n) is 6.84. The smallest absolute Gasteiger partial charge is 0.305 e. The lowest BCUT2D eigenvalue weighted by Gasteiger charge is -2.28. The van der Waals surface area contributed by atoms with Gasteiger partial charge in [0.05, 0.1) is 17.9 Å². The molecule has 2 rings (SSSR count). The van der Waals surface area contributed by atoms with Gasteiger partial charge in [0.25, 0.3) is 0 Å². The Morgan fingerprint density at radius 1 is 1.60 bits per heavy atom. The summed E-state index contributed by atoms with van der Waals surface area (Å²) in [6.45, 7) is 3.51. The summed E-state index contributed by atoms with van der Waals surface area (Å²) >= 11 is 1.47. The summed E-state index contributed by atoms with van der Waals surface area (Å²) in [7, 11) is 0. The number of hydrogen-bond acceptors (Lipinski definition) is 4. The van der Waals surface area contributed by atoms with Gasteiger partial charge in [0.15, 0.2) is 0 Å². The Labute approximate surface area is 122 Å². The molecule has 1 aromatic rings. The van der Waals surface area contributed by atoms with E-state index >= 15 is 0 Å². The summed E-state index contributed by atoms with van der Waals surface area (Å²) in [6, 6.07) is 3.29. The first kappa shape index (κ1) is 15.0. The van der Waals surface area contributed by atoms with Gasteiger partial charge in [-0.3, -0.25) is 9.59 Å². The maximum Gasteiger partial charge on any atom is 0.305 e. The number of aliphatic carboxylic acids is 1. The first-order valence-corrected chi connectivity index (χ1v) is 7.72. The molecule has 0 aromatic carbocycles. The minimum atomic E-state index is -0.904. The highest BCUT2D eigenvalue weighted by Gasteiger charge is 2.40. The van der Waals surface area contributed by atoms with Crippen molar-refractivity contribution < 1.29 is 14.7 Å². The molecule has 3 N–H and O–H groups in total. The fourth-order valence-corrected chi connectivity index (χ4v) is 3.38. The molecule has 0 saturated carbocycles. The highest BCUT2D eigenvalue weighted by molar-refractivity contribution is 7.10. The molecule has 2 atom stereocenters. The van der Waals surface area contributed by atoms with E-state index in [2.05, 4.69) is 10.6 Å². The fourth-order valence-electron chi connectivity index (χ4n) is 2.60. The Bertz CT molecular complexity index is 467. The van der Waals surface area contributed by atoms with Gasteiger partial charge < -0.3 is 15.7 Å². The highest BCUT2D eigenvalue weighted by Crippen LogP contribution is 2.31. The minimum Gasteiger partial charge on any atom is -0.481 e. The monoisotopic (exact) mass is 296 g/mol. The van der Waals surface area contributed by atoms with E-state index in [1.54, 1.807) is 0 Å². The average Bonchev–Trinajstić information content (AvgIpc) is 3.09. The molecule has 1 saturated heterocycles. The number of amides is 1. The zero-order valence-electron chi connectivity index (χ0n) is 11.5. The third kappa shape index (κ3) is 3.19. The molecule has 1 aliphatic rings. The van der Waals surface area contributed by atoms with E-state index in [1.807, 2.05) is 24.4 Å². The second-order valence-electron chi connectivity index (χ2n) is 5.20. The molecule has 1 aromatic heterocycles. The van der Waals surface area contributed by atoms with Gasteiger partial charge in [0, 0.05) is 11.4 Å². The van der Waals surface area contributed by atoms with Crippen LogP contribution in [0.5, 0.6) is 0 Å². The van der Waals surface area contributed by atoms with Gasteiger partial charge >= 0.3 is 5.97 Å². The number of hydrogen-bond donors (Lipinski definition) is 3. The number of thiophene rings is 1. The Kier molecular flexibility index (Phi) is 4.77. The number of carboxylic acids is 1. The van der Waals surface area contributed by atoms with Crippen molar-refractivity contribution in [2.45, 2.75) is 32.2 Å².